The highest BCUT2D eigenvalue weighted by Gasteiger charge is 2.17. The molecular formula is C20H20N2O2. The molecule has 1 N–H and O–H groups in total. The monoisotopic (exact) mass is 320 g/mol. The smallest absolute Gasteiger partial charge is 0.257 e. The number of amides is 1. The lowest BCUT2D eigenvalue weighted by Crippen LogP contribution is -2.35. The summed E-state index contributed by atoms with van der Waals surface area (Å²) in [6, 6.07) is 17.1. The highest BCUT2D eigenvalue weighted by molar-refractivity contribution is 5.77. The second-order valence-electron chi connectivity index (χ2n) is 6.10. The van der Waals surface area contributed by atoms with Crippen molar-refractivity contribution in [2.24, 2.45) is 5.92 Å². The molecule has 2 aromatic rings. The van der Waals surface area contributed by atoms with E-state index in [1.807, 2.05) is 36.4 Å². The molecule has 3 rings (SSSR count). The molecule has 0 radical (unpaired) electrons. The molecular weight excluding hydrogens is 300 g/mol. The van der Waals surface area contributed by atoms with Crippen molar-refractivity contribution in [2.75, 3.05) is 13.2 Å². The molecule has 0 spiro atoms. The molecule has 4 heteroatoms. The fraction of sp³-hybridized carbons (Fsp3) is 0.300. The Bertz CT molecular complexity index is 726. The van der Waals surface area contributed by atoms with Crippen LogP contribution in [0.5, 0.6) is 5.75 Å². The summed E-state index contributed by atoms with van der Waals surface area (Å²) in [4.78, 5) is 11.7. The number of nitrogens with one attached hydrogen (secondary N) is 1. The summed E-state index contributed by atoms with van der Waals surface area (Å²) < 4.78 is 5.52. The van der Waals surface area contributed by atoms with Gasteiger partial charge in [0.1, 0.15) is 5.75 Å². The van der Waals surface area contributed by atoms with Gasteiger partial charge in [0.15, 0.2) is 6.61 Å². The minimum absolute atomic E-state index is 0.0446. The van der Waals surface area contributed by atoms with Gasteiger partial charge in [-0.2, -0.15) is 5.26 Å². The summed E-state index contributed by atoms with van der Waals surface area (Å²) in [5.41, 5.74) is 2.73. The Labute approximate surface area is 142 Å². The molecule has 1 fully saturated rings. The maximum Gasteiger partial charge on any atom is 0.257 e. The van der Waals surface area contributed by atoms with E-state index >= 15 is 0 Å². The molecule has 1 aliphatic rings. The fourth-order valence-electron chi connectivity index (χ4n) is 2.64. The van der Waals surface area contributed by atoms with Crippen molar-refractivity contribution in [3.8, 4) is 22.9 Å². The Balaban J connectivity index is 1.50. The summed E-state index contributed by atoms with van der Waals surface area (Å²) in [5.74, 6) is 1.25. The van der Waals surface area contributed by atoms with Crippen molar-refractivity contribution >= 4 is 5.91 Å². The van der Waals surface area contributed by atoms with Crippen molar-refractivity contribution < 1.29 is 9.53 Å². The number of benzene rings is 2. The number of nitriles is 1. The minimum Gasteiger partial charge on any atom is -0.484 e. The van der Waals surface area contributed by atoms with Gasteiger partial charge >= 0.3 is 0 Å². The zero-order valence-electron chi connectivity index (χ0n) is 13.5. The third kappa shape index (κ3) is 4.14. The predicted octanol–water partition coefficient (Wildman–Crippen LogP) is 3.52. The Morgan fingerprint density at radius 2 is 1.71 bits per heavy atom. The fourth-order valence-corrected chi connectivity index (χ4v) is 2.64. The first-order valence-corrected chi connectivity index (χ1v) is 8.25. The molecule has 24 heavy (non-hydrogen) atoms. The second kappa shape index (κ2) is 7.65. The van der Waals surface area contributed by atoms with Gasteiger partial charge in [-0.25, -0.2) is 0 Å². The van der Waals surface area contributed by atoms with Crippen molar-refractivity contribution in [3.05, 3.63) is 54.1 Å². The molecule has 4 nitrogen and oxygen atoms in total. The number of rotatable bonds is 6. The first-order chi connectivity index (χ1) is 11.7. The predicted molar refractivity (Wildman–Crippen MR) is 92.4 cm³/mol. The van der Waals surface area contributed by atoms with Crippen molar-refractivity contribution in [1.82, 2.24) is 5.32 Å². The van der Waals surface area contributed by atoms with Crippen molar-refractivity contribution in [1.29, 1.82) is 5.26 Å². The van der Waals surface area contributed by atoms with Crippen LogP contribution in [0.4, 0.5) is 0 Å². The summed E-state index contributed by atoms with van der Waals surface area (Å²) >= 11 is 0. The van der Waals surface area contributed by atoms with Gasteiger partial charge < -0.3 is 10.1 Å². The van der Waals surface area contributed by atoms with Gasteiger partial charge in [-0.3, -0.25) is 4.79 Å². The zero-order chi connectivity index (χ0) is 16.8. The number of nitrogens with zero attached hydrogens (tertiary/aromatic N) is 1. The van der Waals surface area contributed by atoms with E-state index in [4.69, 9.17) is 10.00 Å². The normalized spacial score (nSPS) is 13.6. The van der Waals surface area contributed by atoms with E-state index in [2.05, 4.69) is 11.4 Å². The van der Waals surface area contributed by atoms with Crippen LogP contribution in [0.25, 0.3) is 11.1 Å². The van der Waals surface area contributed by atoms with E-state index in [1.165, 1.54) is 19.3 Å². The van der Waals surface area contributed by atoms with Gasteiger partial charge in [0.2, 0.25) is 0 Å². The Kier molecular flexibility index (Phi) is 5.12. The molecule has 1 amide bonds. The van der Waals surface area contributed by atoms with Gasteiger partial charge in [-0.1, -0.05) is 30.7 Å². The van der Waals surface area contributed by atoms with Crippen LogP contribution in [-0.4, -0.2) is 19.1 Å². The molecule has 0 saturated heterocycles. The Hall–Kier alpha value is -2.80. The average molecular weight is 320 g/mol. The second-order valence-corrected chi connectivity index (χ2v) is 6.10. The van der Waals surface area contributed by atoms with Crippen LogP contribution in [0.1, 0.15) is 24.8 Å². The molecule has 2 aromatic carbocycles. The molecule has 122 valence electrons. The summed E-state index contributed by atoms with van der Waals surface area (Å²) in [5, 5.41) is 11.7. The number of carbonyl (C=O) groups excluding carboxylic acids is 1. The maximum atomic E-state index is 11.7. The number of hydrogen-bond donors (Lipinski definition) is 1. The van der Waals surface area contributed by atoms with E-state index in [0.717, 1.165) is 17.7 Å². The van der Waals surface area contributed by atoms with Gasteiger partial charge in [0, 0.05) is 6.54 Å². The summed E-state index contributed by atoms with van der Waals surface area (Å²) in [6.07, 6.45) is 3.72. The van der Waals surface area contributed by atoms with Crippen molar-refractivity contribution in [2.45, 2.75) is 19.3 Å². The zero-order valence-corrected chi connectivity index (χ0v) is 13.5. The third-order valence-electron chi connectivity index (χ3n) is 4.38. The van der Waals surface area contributed by atoms with Gasteiger partial charge in [0.05, 0.1) is 11.6 Å². The Morgan fingerprint density at radius 1 is 1.08 bits per heavy atom. The summed E-state index contributed by atoms with van der Waals surface area (Å²) in [7, 11) is 0. The lowest BCUT2D eigenvalue weighted by atomic mass is 9.85. The van der Waals surface area contributed by atoms with E-state index in [9.17, 15) is 4.79 Å². The van der Waals surface area contributed by atoms with Crippen LogP contribution in [-0.2, 0) is 4.79 Å². The number of ether oxygens (including phenoxy) is 1. The first-order valence-electron chi connectivity index (χ1n) is 8.25. The maximum absolute atomic E-state index is 11.7. The lowest BCUT2D eigenvalue weighted by molar-refractivity contribution is -0.123. The Morgan fingerprint density at radius 3 is 2.25 bits per heavy atom. The lowest BCUT2D eigenvalue weighted by Gasteiger charge is -2.25. The standard InChI is InChI=1S/C20H20N2O2/c21-12-15-4-6-17(7-5-15)18-8-10-19(11-9-18)24-14-20(23)22-13-16-2-1-3-16/h4-11,16H,1-3,13-14H2,(H,22,23). The highest BCUT2D eigenvalue weighted by atomic mass is 16.5. The topological polar surface area (TPSA) is 62.1 Å². The van der Waals surface area contributed by atoms with Gasteiger partial charge in [-0.05, 0) is 54.2 Å². The molecule has 0 aromatic heterocycles. The number of carbonyl (C=O) groups is 1. The highest BCUT2D eigenvalue weighted by Crippen LogP contribution is 2.25. The molecule has 1 saturated carbocycles. The van der Waals surface area contributed by atoms with Crippen LogP contribution in [0, 0.1) is 17.2 Å². The van der Waals surface area contributed by atoms with E-state index < -0.39 is 0 Å². The van der Waals surface area contributed by atoms with E-state index in [1.54, 1.807) is 12.1 Å². The largest absolute Gasteiger partial charge is 0.484 e. The molecule has 0 unspecified atom stereocenters. The number of hydrogen-bond acceptors (Lipinski definition) is 3. The molecule has 0 bridgehead atoms. The van der Waals surface area contributed by atoms with Crippen LogP contribution < -0.4 is 10.1 Å². The van der Waals surface area contributed by atoms with Gasteiger partial charge in [-0.15, -0.1) is 0 Å². The third-order valence-corrected chi connectivity index (χ3v) is 4.38. The van der Waals surface area contributed by atoms with Gasteiger partial charge in [0.25, 0.3) is 5.91 Å². The van der Waals surface area contributed by atoms with Crippen LogP contribution in [0.15, 0.2) is 48.5 Å². The molecule has 0 atom stereocenters. The molecule has 0 heterocycles. The minimum atomic E-state index is -0.0712. The molecule has 1 aliphatic carbocycles. The van der Waals surface area contributed by atoms with Crippen LogP contribution in [0.2, 0.25) is 0 Å². The average Bonchev–Trinajstić information content (AvgIpc) is 2.59. The van der Waals surface area contributed by atoms with E-state index in [0.29, 0.717) is 17.2 Å². The first kappa shape index (κ1) is 16.1. The SMILES string of the molecule is N#Cc1ccc(-c2ccc(OCC(=O)NCC3CCC3)cc2)cc1. The van der Waals surface area contributed by atoms with E-state index in [-0.39, 0.29) is 12.5 Å². The van der Waals surface area contributed by atoms with Crippen LogP contribution >= 0.6 is 0 Å². The summed E-state index contributed by atoms with van der Waals surface area (Å²) in [6.45, 7) is 0.808. The molecule has 0 aliphatic heterocycles. The quantitative estimate of drug-likeness (QED) is 0.886. The van der Waals surface area contributed by atoms with Crippen molar-refractivity contribution in [3.63, 3.8) is 0 Å². The van der Waals surface area contributed by atoms with Crippen LogP contribution in [0.3, 0.4) is 0 Å².